The first-order chi connectivity index (χ1) is 9.34. The Morgan fingerprint density at radius 2 is 1.10 bits per heavy atom. The SMILES string of the molecule is Cc1c(F)ccc(C(=O)c2ccc(F)c(C)c2F)c1F. The minimum absolute atomic E-state index is 0.324. The maximum atomic E-state index is 13.9. The van der Waals surface area contributed by atoms with Crippen LogP contribution in [0.15, 0.2) is 24.3 Å². The van der Waals surface area contributed by atoms with Crippen LogP contribution in [-0.2, 0) is 0 Å². The summed E-state index contributed by atoms with van der Waals surface area (Å²) in [4.78, 5) is 12.1. The molecule has 0 aliphatic carbocycles. The van der Waals surface area contributed by atoms with E-state index in [-0.39, 0.29) is 11.1 Å². The molecule has 2 aromatic carbocycles. The van der Waals surface area contributed by atoms with Gasteiger partial charge < -0.3 is 0 Å². The van der Waals surface area contributed by atoms with Gasteiger partial charge in [-0.1, -0.05) is 0 Å². The molecule has 0 saturated heterocycles. The molecular weight excluding hydrogens is 272 g/mol. The highest BCUT2D eigenvalue weighted by atomic mass is 19.1. The van der Waals surface area contributed by atoms with E-state index in [2.05, 4.69) is 0 Å². The van der Waals surface area contributed by atoms with Crippen LogP contribution in [-0.4, -0.2) is 5.78 Å². The fourth-order valence-corrected chi connectivity index (χ4v) is 1.82. The van der Waals surface area contributed by atoms with E-state index in [1.165, 1.54) is 13.8 Å². The fraction of sp³-hybridized carbons (Fsp3) is 0.133. The molecule has 0 amide bonds. The minimum Gasteiger partial charge on any atom is -0.288 e. The number of ketones is 1. The summed E-state index contributed by atoms with van der Waals surface area (Å²) < 4.78 is 54.0. The second-order valence-corrected chi connectivity index (χ2v) is 4.40. The van der Waals surface area contributed by atoms with E-state index >= 15 is 0 Å². The third-order valence-corrected chi connectivity index (χ3v) is 3.13. The highest BCUT2D eigenvalue weighted by molar-refractivity contribution is 6.09. The van der Waals surface area contributed by atoms with Crippen LogP contribution in [0.2, 0.25) is 0 Å². The van der Waals surface area contributed by atoms with E-state index in [1.54, 1.807) is 0 Å². The van der Waals surface area contributed by atoms with Crippen LogP contribution in [0.4, 0.5) is 17.6 Å². The van der Waals surface area contributed by atoms with E-state index in [4.69, 9.17) is 0 Å². The number of carbonyl (C=O) groups excluding carboxylic acids is 1. The van der Waals surface area contributed by atoms with Crippen molar-refractivity contribution in [1.29, 1.82) is 0 Å². The Balaban J connectivity index is 2.58. The zero-order valence-corrected chi connectivity index (χ0v) is 10.7. The monoisotopic (exact) mass is 282 g/mol. The molecule has 0 heterocycles. The molecule has 0 aromatic heterocycles. The van der Waals surface area contributed by atoms with Gasteiger partial charge in [0.05, 0.1) is 11.1 Å². The van der Waals surface area contributed by atoms with Gasteiger partial charge in [0.2, 0.25) is 0 Å². The molecular formula is C15H10F4O. The summed E-state index contributed by atoms with van der Waals surface area (Å²) in [5, 5.41) is 0. The summed E-state index contributed by atoms with van der Waals surface area (Å²) in [5.41, 5.74) is -1.55. The molecule has 0 unspecified atom stereocenters. The zero-order chi connectivity index (χ0) is 15.0. The normalized spacial score (nSPS) is 10.7. The first-order valence-electron chi connectivity index (χ1n) is 5.78. The van der Waals surface area contributed by atoms with Crippen molar-refractivity contribution in [2.75, 3.05) is 0 Å². The van der Waals surface area contributed by atoms with Gasteiger partial charge in [0.25, 0.3) is 0 Å². The zero-order valence-electron chi connectivity index (χ0n) is 10.7. The molecule has 1 nitrogen and oxygen atoms in total. The third-order valence-electron chi connectivity index (χ3n) is 3.13. The van der Waals surface area contributed by atoms with Crippen molar-refractivity contribution < 1.29 is 22.4 Å². The molecule has 5 heteroatoms. The quantitative estimate of drug-likeness (QED) is 0.599. The highest BCUT2D eigenvalue weighted by Crippen LogP contribution is 2.22. The number of carbonyl (C=O) groups is 1. The Labute approximate surface area is 112 Å². The largest absolute Gasteiger partial charge is 0.288 e. The molecule has 2 rings (SSSR count). The van der Waals surface area contributed by atoms with Gasteiger partial charge in [-0.3, -0.25) is 4.79 Å². The van der Waals surface area contributed by atoms with Crippen molar-refractivity contribution in [2.45, 2.75) is 13.8 Å². The highest BCUT2D eigenvalue weighted by Gasteiger charge is 2.22. The first kappa shape index (κ1) is 14.2. The molecule has 20 heavy (non-hydrogen) atoms. The van der Waals surface area contributed by atoms with Crippen LogP contribution in [0.3, 0.4) is 0 Å². The van der Waals surface area contributed by atoms with Crippen LogP contribution in [0.5, 0.6) is 0 Å². The first-order valence-corrected chi connectivity index (χ1v) is 5.78. The Bertz CT molecular complexity index is 648. The van der Waals surface area contributed by atoms with Gasteiger partial charge in [0.15, 0.2) is 5.78 Å². The predicted molar refractivity (Wildman–Crippen MR) is 65.6 cm³/mol. The molecule has 0 aliphatic heterocycles. The molecule has 104 valence electrons. The van der Waals surface area contributed by atoms with E-state index < -0.39 is 40.2 Å². The van der Waals surface area contributed by atoms with Gasteiger partial charge in [-0.25, -0.2) is 17.6 Å². The Morgan fingerprint density at radius 3 is 1.45 bits per heavy atom. The Kier molecular flexibility index (Phi) is 3.61. The van der Waals surface area contributed by atoms with Gasteiger partial charge in [0.1, 0.15) is 23.3 Å². The predicted octanol–water partition coefficient (Wildman–Crippen LogP) is 4.09. The summed E-state index contributed by atoms with van der Waals surface area (Å²) in [6, 6.07) is 3.75. The average Bonchev–Trinajstić information content (AvgIpc) is 2.42. The molecule has 0 N–H and O–H groups in total. The van der Waals surface area contributed by atoms with E-state index in [0.717, 1.165) is 24.3 Å². The molecule has 0 saturated carbocycles. The average molecular weight is 282 g/mol. The lowest BCUT2D eigenvalue weighted by Crippen LogP contribution is -2.10. The van der Waals surface area contributed by atoms with Crippen molar-refractivity contribution in [3.63, 3.8) is 0 Å². The van der Waals surface area contributed by atoms with Gasteiger partial charge in [-0.2, -0.15) is 0 Å². The number of hydrogen-bond donors (Lipinski definition) is 0. The van der Waals surface area contributed by atoms with Crippen LogP contribution >= 0.6 is 0 Å². The summed E-state index contributed by atoms with van der Waals surface area (Å²) in [6.45, 7) is 2.35. The van der Waals surface area contributed by atoms with E-state index in [9.17, 15) is 22.4 Å². The number of rotatable bonds is 2. The van der Waals surface area contributed by atoms with Crippen molar-refractivity contribution in [3.05, 3.63) is 69.8 Å². The molecule has 0 fully saturated rings. The van der Waals surface area contributed by atoms with Crippen molar-refractivity contribution in [3.8, 4) is 0 Å². The van der Waals surface area contributed by atoms with Gasteiger partial charge in [-0.05, 0) is 38.1 Å². The minimum atomic E-state index is -1.05. The van der Waals surface area contributed by atoms with E-state index in [0.29, 0.717) is 0 Å². The molecule has 0 bridgehead atoms. The van der Waals surface area contributed by atoms with E-state index in [1.807, 2.05) is 0 Å². The number of halogens is 4. The second-order valence-electron chi connectivity index (χ2n) is 4.40. The Hall–Kier alpha value is -2.17. The fourth-order valence-electron chi connectivity index (χ4n) is 1.82. The van der Waals surface area contributed by atoms with Crippen LogP contribution < -0.4 is 0 Å². The lowest BCUT2D eigenvalue weighted by atomic mass is 9.98. The molecule has 0 spiro atoms. The van der Waals surface area contributed by atoms with Crippen LogP contribution in [0, 0.1) is 37.1 Å². The van der Waals surface area contributed by atoms with Gasteiger partial charge in [0, 0.05) is 11.1 Å². The maximum Gasteiger partial charge on any atom is 0.198 e. The second kappa shape index (κ2) is 5.07. The van der Waals surface area contributed by atoms with Crippen molar-refractivity contribution >= 4 is 5.78 Å². The topological polar surface area (TPSA) is 17.1 Å². The molecule has 0 aliphatic rings. The number of benzene rings is 2. The Morgan fingerprint density at radius 1 is 0.750 bits per heavy atom. The van der Waals surface area contributed by atoms with Crippen molar-refractivity contribution in [2.24, 2.45) is 0 Å². The molecule has 0 radical (unpaired) electrons. The van der Waals surface area contributed by atoms with Crippen LogP contribution in [0.25, 0.3) is 0 Å². The number of hydrogen-bond acceptors (Lipinski definition) is 1. The van der Waals surface area contributed by atoms with Crippen LogP contribution in [0.1, 0.15) is 27.0 Å². The van der Waals surface area contributed by atoms with Crippen molar-refractivity contribution in [1.82, 2.24) is 0 Å². The standard InChI is InChI=1S/C15H10F4O/c1-7-11(16)5-3-9(13(7)18)15(20)10-4-6-12(17)8(2)14(10)19/h3-6H,1-2H3. The lowest BCUT2D eigenvalue weighted by molar-refractivity contribution is 0.103. The molecule has 0 atom stereocenters. The summed E-state index contributed by atoms with van der Waals surface area (Å²) in [6.07, 6.45) is 0. The third kappa shape index (κ3) is 2.19. The van der Waals surface area contributed by atoms with Gasteiger partial charge >= 0.3 is 0 Å². The maximum absolute atomic E-state index is 13.9. The smallest absolute Gasteiger partial charge is 0.198 e. The lowest BCUT2D eigenvalue weighted by Gasteiger charge is -2.08. The summed E-state index contributed by atoms with van der Waals surface area (Å²) >= 11 is 0. The van der Waals surface area contributed by atoms with Gasteiger partial charge in [-0.15, -0.1) is 0 Å². The summed E-state index contributed by atoms with van der Waals surface area (Å²) in [7, 11) is 0. The summed E-state index contributed by atoms with van der Waals surface area (Å²) in [5.74, 6) is -4.64. The molecule has 2 aromatic rings.